The first kappa shape index (κ1) is 23.6. The quantitative estimate of drug-likeness (QED) is 0.211. The minimum absolute atomic E-state index is 0.793. The zero-order chi connectivity index (χ0) is 28.8. The van der Waals surface area contributed by atoms with Crippen molar-refractivity contribution in [2.75, 3.05) is 4.90 Å². The third-order valence-corrected chi connectivity index (χ3v) is 8.96. The lowest BCUT2D eigenvalue weighted by Gasteiger charge is -2.34. The van der Waals surface area contributed by atoms with Gasteiger partial charge < -0.3 is 4.42 Å². The average molecular weight is 562 g/mol. The van der Waals surface area contributed by atoms with Crippen LogP contribution in [0, 0.1) is 0 Å². The Hall–Kier alpha value is -6.00. The Morgan fingerprint density at radius 3 is 2.05 bits per heavy atom. The molecule has 3 heterocycles. The third-order valence-electron chi connectivity index (χ3n) is 8.96. The van der Waals surface area contributed by atoms with Gasteiger partial charge in [-0.05, 0) is 46.7 Å². The van der Waals surface area contributed by atoms with Gasteiger partial charge in [0.25, 0.3) is 0 Å². The molecule has 0 atom stereocenters. The summed E-state index contributed by atoms with van der Waals surface area (Å²) < 4.78 is 6.33. The molecular weight excluding hydrogens is 538 g/mol. The van der Waals surface area contributed by atoms with E-state index in [-0.39, 0.29) is 0 Å². The van der Waals surface area contributed by atoms with Gasteiger partial charge >= 0.3 is 0 Å². The summed E-state index contributed by atoms with van der Waals surface area (Å²) in [5.74, 6) is 0.793. The highest BCUT2D eigenvalue weighted by Gasteiger charge is 2.31. The summed E-state index contributed by atoms with van der Waals surface area (Å²) in [6.07, 6.45) is 0. The molecule has 10 rings (SSSR count). The van der Waals surface area contributed by atoms with Crippen molar-refractivity contribution in [3.63, 3.8) is 0 Å². The second-order valence-electron chi connectivity index (χ2n) is 11.4. The molecule has 0 aliphatic carbocycles. The van der Waals surface area contributed by atoms with Crippen molar-refractivity contribution in [2.24, 2.45) is 0 Å². The Morgan fingerprint density at radius 2 is 1.14 bits per heavy atom. The molecule has 4 nitrogen and oxygen atoms in total. The molecule has 0 saturated heterocycles. The fraction of sp³-hybridized carbons (Fsp3) is 0. The monoisotopic (exact) mass is 561 g/mol. The van der Waals surface area contributed by atoms with Crippen LogP contribution in [0.5, 0.6) is 0 Å². The molecule has 4 heteroatoms. The first-order valence-corrected chi connectivity index (χ1v) is 14.8. The Kier molecular flexibility index (Phi) is 4.69. The van der Waals surface area contributed by atoms with E-state index in [1.54, 1.807) is 0 Å². The molecule has 0 unspecified atom stereocenters. The van der Waals surface area contributed by atoms with Crippen LogP contribution in [0.3, 0.4) is 0 Å². The Balaban J connectivity index is 1.40. The molecule has 44 heavy (non-hydrogen) atoms. The smallest absolute Gasteiger partial charge is 0.165 e. The minimum Gasteiger partial charge on any atom is -0.456 e. The van der Waals surface area contributed by atoms with Crippen molar-refractivity contribution in [2.45, 2.75) is 0 Å². The fourth-order valence-corrected chi connectivity index (χ4v) is 7.09. The number of fused-ring (bicyclic) bond motifs is 8. The number of hydrogen-bond donors (Lipinski definition) is 0. The van der Waals surface area contributed by atoms with Gasteiger partial charge in [0.2, 0.25) is 0 Å². The van der Waals surface area contributed by atoms with Crippen LogP contribution in [0.2, 0.25) is 0 Å². The molecule has 204 valence electrons. The van der Waals surface area contributed by atoms with E-state index in [0.29, 0.717) is 0 Å². The summed E-state index contributed by atoms with van der Waals surface area (Å²) in [5, 5.41) is 6.87. The van der Waals surface area contributed by atoms with Crippen LogP contribution in [-0.4, -0.2) is 9.97 Å². The Labute approximate surface area is 252 Å². The number of furan rings is 1. The number of anilines is 3. The van der Waals surface area contributed by atoms with Gasteiger partial charge in [0, 0.05) is 32.7 Å². The van der Waals surface area contributed by atoms with Crippen molar-refractivity contribution in [3.05, 3.63) is 140 Å². The topological polar surface area (TPSA) is 42.2 Å². The number of benzene rings is 7. The van der Waals surface area contributed by atoms with Crippen molar-refractivity contribution < 1.29 is 4.42 Å². The zero-order valence-corrected chi connectivity index (χ0v) is 23.5. The van der Waals surface area contributed by atoms with Crippen molar-refractivity contribution in [3.8, 4) is 22.4 Å². The highest BCUT2D eigenvalue weighted by Crippen LogP contribution is 2.54. The van der Waals surface area contributed by atoms with Crippen LogP contribution in [0.15, 0.2) is 144 Å². The highest BCUT2D eigenvalue weighted by atomic mass is 16.3. The van der Waals surface area contributed by atoms with Gasteiger partial charge in [-0.15, -0.1) is 0 Å². The molecule has 1 aliphatic rings. The highest BCUT2D eigenvalue weighted by molar-refractivity contribution is 6.20. The first-order chi connectivity index (χ1) is 21.8. The maximum absolute atomic E-state index is 6.33. The molecule has 0 bridgehead atoms. The number of hydrogen-bond acceptors (Lipinski definition) is 4. The largest absolute Gasteiger partial charge is 0.456 e. The van der Waals surface area contributed by atoms with Gasteiger partial charge in [0.1, 0.15) is 16.9 Å². The van der Waals surface area contributed by atoms with Crippen molar-refractivity contribution in [1.29, 1.82) is 0 Å². The van der Waals surface area contributed by atoms with Crippen LogP contribution >= 0.6 is 0 Å². The van der Waals surface area contributed by atoms with Gasteiger partial charge in [0.05, 0.1) is 22.4 Å². The van der Waals surface area contributed by atoms with E-state index >= 15 is 0 Å². The van der Waals surface area contributed by atoms with Gasteiger partial charge in [-0.1, -0.05) is 109 Å². The molecule has 0 amide bonds. The minimum atomic E-state index is 0.793. The molecule has 0 N–H and O–H groups in total. The van der Waals surface area contributed by atoms with Gasteiger partial charge in [-0.3, -0.25) is 4.90 Å². The molecule has 0 saturated carbocycles. The predicted molar refractivity (Wildman–Crippen MR) is 181 cm³/mol. The van der Waals surface area contributed by atoms with E-state index in [4.69, 9.17) is 14.4 Å². The van der Waals surface area contributed by atoms with Gasteiger partial charge in [-0.2, -0.15) is 0 Å². The molecule has 2 aromatic heterocycles. The number of rotatable bonds is 2. The van der Waals surface area contributed by atoms with Crippen LogP contribution in [0.25, 0.3) is 76.9 Å². The van der Waals surface area contributed by atoms with Crippen LogP contribution < -0.4 is 4.90 Å². The number of para-hydroxylation sites is 3. The normalized spacial score (nSPS) is 12.5. The third kappa shape index (κ3) is 3.17. The van der Waals surface area contributed by atoms with Crippen molar-refractivity contribution >= 4 is 71.7 Å². The summed E-state index contributed by atoms with van der Waals surface area (Å²) in [5.41, 5.74) is 9.83. The van der Waals surface area contributed by atoms with Crippen LogP contribution in [-0.2, 0) is 0 Å². The van der Waals surface area contributed by atoms with Gasteiger partial charge in [-0.25, -0.2) is 9.97 Å². The summed E-state index contributed by atoms with van der Waals surface area (Å²) in [7, 11) is 0. The fourth-order valence-electron chi connectivity index (χ4n) is 7.09. The molecule has 9 aromatic rings. The second kappa shape index (κ2) is 8.76. The summed E-state index contributed by atoms with van der Waals surface area (Å²) in [6.45, 7) is 0. The molecule has 0 fully saturated rings. The summed E-state index contributed by atoms with van der Waals surface area (Å²) >= 11 is 0. The summed E-state index contributed by atoms with van der Waals surface area (Å²) in [4.78, 5) is 13.2. The predicted octanol–water partition coefficient (Wildman–Crippen LogP) is 11.0. The maximum atomic E-state index is 6.33. The van der Waals surface area contributed by atoms with E-state index < -0.39 is 0 Å². The summed E-state index contributed by atoms with van der Waals surface area (Å²) in [6, 6.07) is 48.8. The van der Waals surface area contributed by atoms with Gasteiger partial charge in [0.15, 0.2) is 5.82 Å². The van der Waals surface area contributed by atoms with E-state index in [1.807, 2.05) is 42.5 Å². The maximum Gasteiger partial charge on any atom is 0.165 e. The Morgan fingerprint density at radius 1 is 0.455 bits per heavy atom. The van der Waals surface area contributed by atoms with Crippen molar-refractivity contribution in [1.82, 2.24) is 9.97 Å². The number of aromatic nitrogens is 2. The number of nitrogens with zero attached hydrogens (tertiary/aromatic N) is 3. The first-order valence-electron chi connectivity index (χ1n) is 14.8. The lowest BCUT2D eigenvalue weighted by molar-refractivity contribution is 0.669. The Bertz CT molecular complexity index is 2630. The lowest BCUT2D eigenvalue weighted by atomic mass is 9.88. The van der Waals surface area contributed by atoms with E-state index in [1.165, 1.54) is 32.7 Å². The second-order valence-corrected chi connectivity index (χ2v) is 11.4. The zero-order valence-electron chi connectivity index (χ0n) is 23.5. The molecule has 0 spiro atoms. The molecule has 0 radical (unpaired) electrons. The van der Waals surface area contributed by atoms with Crippen LogP contribution in [0.4, 0.5) is 17.2 Å². The average Bonchev–Trinajstić information content (AvgIpc) is 3.47. The standard InChI is InChI=1S/C40H23N3O/c1-2-13-26-24(10-1)22-23-28-27-15-7-11-25-12-8-19-33(36(25)27)43(39(26)28)40-38(41-31-17-4-5-18-32(31)42-40)30-16-9-21-35-37(30)29-14-3-6-20-34(29)44-35/h1-23H. The van der Waals surface area contributed by atoms with E-state index in [0.717, 1.165) is 61.4 Å². The SMILES string of the molecule is c1ccc2c3c(ccc2c1)-c1cccc2cccc(c12)N3c1nc2ccccc2nc1-c1cccc2oc3ccccc3c12. The molecule has 1 aliphatic heterocycles. The van der Waals surface area contributed by atoms with E-state index in [2.05, 4.69) is 102 Å². The van der Waals surface area contributed by atoms with E-state index in [9.17, 15) is 0 Å². The molecule has 7 aromatic carbocycles. The lowest BCUT2D eigenvalue weighted by Crippen LogP contribution is -2.18. The molecular formula is C40H23N3O. The van der Waals surface area contributed by atoms with Crippen LogP contribution in [0.1, 0.15) is 0 Å².